The summed E-state index contributed by atoms with van der Waals surface area (Å²) in [6.45, 7) is 4.76. The van der Waals surface area contributed by atoms with Gasteiger partial charge in [0.1, 0.15) is 5.15 Å². The molecule has 0 aliphatic rings. The molecule has 0 atom stereocenters. The highest BCUT2D eigenvalue weighted by Gasteiger charge is 1.99. The maximum Gasteiger partial charge on any atom is 0.341 e. The van der Waals surface area contributed by atoms with E-state index in [0.29, 0.717) is 17.8 Å². The Hall–Kier alpha value is -1.49. The molecule has 1 aromatic rings. The zero-order valence-electron chi connectivity index (χ0n) is 9.85. The standard InChI is InChI=1S/C11H16ClN3O2/c1-8(2)3-5-13-11(16)14-9-4-6-15(17)10(12)7-9/h4,6-8,17H,3,5H2,1-2H3,(H,13,16)/b14-9-. The maximum absolute atomic E-state index is 11.4. The molecule has 1 rings (SSSR count). The van der Waals surface area contributed by atoms with Crippen molar-refractivity contribution in [1.82, 2.24) is 10.0 Å². The second-order valence-corrected chi connectivity index (χ2v) is 4.47. The highest BCUT2D eigenvalue weighted by Crippen LogP contribution is 2.00. The minimum Gasteiger partial charge on any atom is -0.428 e. The molecular weight excluding hydrogens is 242 g/mol. The smallest absolute Gasteiger partial charge is 0.341 e. The van der Waals surface area contributed by atoms with E-state index >= 15 is 0 Å². The number of urea groups is 1. The molecule has 0 radical (unpaired) electrons. The fourth-order valence-corrected chi connectivity index (χ4v) is 1.32. The van der Waals surface area contributed by atoms with Gasteiger partial charge < -0.3 is 10.5 Å². The van der Waals surface area contributed by atoms with Crippen LogP contribution in [0.1, 0.15) is 20.3 Å². The van der Waals surface area contributed by atoms with Gasteiger partial charge in [-0.3, -0.25) is 0 Å². The highest BCUT2D eigenvalue weighted by molar-refractivity contribution is 6.29. The lowest BCUT2D eigenvalue weighted by Crippen LogP contribution is -2.24. The van der Waals surface area contributed by atoms with Gasteiger partial charge in [-0.1, -0.05) is 25.4 Å². The number of rotatable bonds is 3. The summed E-state index contributed by atoms with van der Waals surface area (Å²) in [5.74, 6) is 0.537. The number of carbonyl (C=O) groups is 1. The Morgan fingerprint density at radius 3 is 2.94 bits per heavy atom. The van der Waals surface area contributed by atoms with Crippen LogP contribution in [-0.2, 0) is 0 Å². The zero-order chi connectivity index (χ0) is 12.8. The molecule has 1 aromatic heterocycles. The quantitative estimate of drug-likeness (QED) is 0.643. The van der Waals surface area contributed by atoms with Gasteiger partial charge in [0.15, 0.2) is 0 Å². The number of pyridine rings is 1. The summed E-state index contributed by atoms with van der Waals surface area (Å²) in [5.41, 5.74) is 0. The first-order valence-electron chi connectivity index (χ1n) is 5.39. The molecule has 0 spiro atoms. The predicted octanol–water partition coefficient (Wildman–Crippen LogP) is 2.04. The Bertz CT molecular complexity index is 454. The second-order valence-electron chi connectivity index (χ2n) is 4.08. The van der Waals surface area contributed by atoms with Crippen molar-refractivity contribution in [2.45, 2.75) is 20.3 Å². The second kappa shape index (κ2) is 6.30. The Morgan fingerprint density at radius 2 is 2.35 bits per heavy atom. The van der Waals surface area contributed by atoms with Crippen LogP contribution >= 0.6 is 11.6 Å². The average molecular weight is 258 g/mol. The first-order chi connectivity index (χ1) is 7.99. The first-order valence-corrected chi connectivity index (χ1v) is 5.77. The van der Waals surface area contributed by atoms with Gasteiger partial charge in [-0.05, 0) is 18.4 Å². The van der Waals surface area contributed by atoms with Crippen LogP contribution in [0.3, 0.4) is 0 Å². The Balaban J connectivity index is 2.62. The SMILES string of the molecule is CC(C)CCNC(=O)/N=c1/ccn(O)c(Cl)c1. The van der Waals surface area contributed by atoms with Crippen LogP contribution in [0.5, 0.6) is 0 Å². The van der Waals surface area contributed by atoms with Gasteiger partial charge in [0.2, 0.25) is 0 Å². The van der Waals surface area contributed by atoms with Crippen LogP contribution in [0, 0.1) is 5.92 Å². The number of amides is 2. The molecule has 17 heavy (non-hydrogen) atoms. The van der Waals surface area contributed by atoms with Crippen molar-refractivity contribution in [2.24, 2.45) is 10.9 Å². The number of nitrogens with one attached hydrogen (secondary N) is 1. The molecular formula is C11H16ClN3O2. The molecule has 94 valence electrons. The van der Waals surface area contributed by atoms with Crippen molar-refractivity contribution >= 4 is 17.6 Å². The van der Waals surface area contributed by atoms with Gasteiger partial charge in [-0.15, -0.1) is 0 Å². The molecule has 6 heteroatoms. The molecule has 0 bridgehead atoms. The lowest BCUT2D eigenvalue weighted by molar-refractivity contribution is 0.185. The maximum atomic E-state index is 11.4. The van der Waals surface area contributed by atoms with E-state index in [-0.39, 0.29) is 5.15 Å². The van der Waals surface area contributed by atoms with Crippen LogP contribution in [0.4, 0.5) is 4.79 Å². The fraction of sp³-hybridized carbons (Fsp3) is 0.455. The zero-order valence-corrected chi connectivity index (χ0v) is 10.6. The van der Waals surface area contributed by atoms with Crippen LogP contribution < -0.4 is 10.7 Å². The molecule has 0 saturated heterocycles. The van der Waals surface area contributed by atoms with Gasteiger partial charge >= 0.3 is 6.03 Å². The molecule has 2 amide bonds. The van der Waals surface area contributed by atoms with Crippen molar-refractivity contribution in [3.63, 3.8) is 0 Å². The minimum atomic E-state index is -0.405. The van der Waals surface area contributed by atoms with Crippen molar-refractivity contribution in [3.8, 4) is 0 Å². The first kappa shape index (κ1) is 13.6. The summed E-state index contributed by atoms with van der Waals surface area (Å²) in [4.78, 5) is 15.2. The summed E-state index contributed by atoms with van der Waals surface area (Å²) in [5, 5.41) is 12.3. The predicted molar refractivity (Wildman–Crippen MR) is 65.0 cm³/mol. The van der Waals surface area contributed by atoms with E-state index in [4.69, 9.17) is 16.8 Å². The lowest BCUT2D eigenvalue weighted by Gasteiger charge is -2.04. The minimum absolute atomic E-state index is 0.0984. The van der Waals surface area contributed by atoms with Gasteiger partial charge in [-0.25, -0.2) is 4.79 Å². The summed E-state index contributed by atoms with van der Waals surface area (Å²) >= 11 is 5.66. The summed E-state index contributed by atoms with van der Waals surface area (Å²) in [6.07, 6.45) is 2.23. The Morgan fingerprint density at radius 1 is 1.65 bits per heavy atom. The lowest BCUT2D eigenvalue weighted by atomic mass is 10.1. The number of halogens is 1. The van der Waals surface area contributed by atoms with Crippen LogP contribution in [0.15, 0.2) is 23.3 Å². The molecule has 0 aliphatic carbocycles. The van der Waals surface area contributed by atoms with Gasteiger partial charge in [-0.2, -0.15) is 9.72 Å². The monoisotopic (exact) mass is 257 g/mol. The Kier molecular flexibility index (Phi) is 5.03. The number of nitrogens with zero attached hydrogens (tertiary/aromatic N) is 2. The van der Waals surface area contributed by atoms with Gasteiger partial charge in [0.05, 0.1) is 5.36 Å². The molecule has 1 heterocycles. The van der Waals surface area contributed by atoms with E-state index in [0.717, 1.165) is 11.2 Å². The van der Waals surface area contributed by atoms with Crippen molar-refractivity contribution < 1.29 is 10.0 Å². The molecule has 2 N–H and O–H groups in total. The number of aromatic nitrogens is 1. The summed E-state index contributed by atoms with van der Waals surface area (Å²) in [6, 6.07) is 2.50. The van der Waals surface area contributed by atoms with E-state index in [9.17, 15) is 4.79 Å². The molecule has 0 fully saturated rings. The average Bonchev–Trinajstić information content (AvgIpc) is 2.23. The summed E-state index contributed by atoms with van der Waals surface area (Å²) < 4.78 is 0.747. The van der Waals surface area contributed by atoms with Crippen molar-refractivity contribution in [3.05, 3.63) is 28.8 Å². The van der Waals surface area contributed by atoms with Gasteiger partial charge in [0, 0.05) is 18.8 Å². The van der Waals surface area contributed by atoms with Crippen LogP contribution in [0.25, 0.3) is 0 Å². The van der Waals surface area contributed by atoms with E-state index in [1.54, 1.807) is 0 Å². The van der Waals surface area contributed by atoms with E-state index in [2.05, 4.69) is 24.2 Å². The molecule has 0 unspecified atom stereocenters. The number of hydrogen-bond donors (Lipinski definition) is 2. The molecule has 5 nitrogen and oxygen atoms in total. The third kappa shape index (κ3) is 4.91. The molecule has 0 aromatic carbocycles. The van der Waals surface area contributed by atoms with Crippen LogP contribution in [0.2, 0.25) is 5.15 Å². The molecule has 0 saturated carbocycles. The topological polar surface area (TPSA) is 66.6 Å². The summed E-state index contributed by atoms with van der Waals surface area (Å²) in [7, 11) is 0. The fourth-order valence-electron chi connectivity index (χ4n) is 1.15. The normalized spacial score (nSPS) is 11.9. The van der Waals surface area contributed by atoms with E-state index < -0.39 is 6.03 Å². The number of carbonyl (C=O) groups excluding carboxylic acids is 1. The van der Waals surface area contributed by atoms with Gasteiger partial charge in [0.25, 0.3) is 0 Å². The van der Waals surface area contributed by atoms with Crippen LogP contribution in [-0.4, -0.2) is 22.5 Å². The van der Waals surface area contributed by atoms with E-state index in [1.807, 2.05) is 0 Å². The third-order valence-electron chi connectivity index (χ3n) is 2.10. The van der Waals surface area contributed by atoms with Crippen molar-refractivity contribution in [1.29, 1.82) is 0 Å². The largest absolute Gasteiger partial charge is 0.428 e. The molecule has 0 aliphatic heterocycles. The number of hydrogen-bond acceptors (Lipinski definition) is 2. The highest BCUT2D eigenvalue weighted by atomic mass is 35.5. The third-order valence-corrected chi connectivity index (χ3v) is 2.38. The Labute approximate surface area is 105 Å². The van der Waals surface area contributed by atoms with Crippen molar-refractivity contribution in [2.75, 3.05) is 6.54 Å². The van der Waals surface area contributed by atoms with E-state index in [1.165, 1.54) is 18.3 Å².